The Morgan fingerprint density at radius 2 is 1.92 bits per heavy atom. The molecule has 120 valence electrons. The predicted octanol–water partition coefficient (Wildman–Crippen LogP) is 2.00. The fourth-order valence-corrected chi connectivity index (χ4v) is 3.72. The molecular weight excluding hydrogens is 306 g/mol. The van der Waals surface area contributed by atoms with Crippen LogP contribution in [0.15, 0.2) is 36.4 Å². The van der Waals surface area contributed by atoms with E-state index in [1.807, 2.05) is 6.07 Å². The Labute approximate surface area is 138 Å². The van der Waals surface area contributed by atoms with Crippen molar-refractivity contribution < 1.29 is 14.7 Å². The first-order valence-corrected chi connectivity index (χ1v) is 7.76. The van der Waals surface area contributed by atoms with Gasteiger partial charge in [-0.2, -0.15) is 5.26 Å². The number of hydrogen-bond acceptors (Lipinski definition) is 4. The predicted molar refractivity (Wildman–Crippen MR) is 87.3 cm³/mol. The summed E-state index contributed by atoms with van der Waals surface area (Å²) < 4.78 is 0. The van der Waals surface area contributed by atoms with Crippen LogP contribution in [0.25, 0.3) is 10.8 Å². The second-order valence-electron chi connectivity index (χ2n) is 6.32. The van der Waals surface area contributed by atoms with Crippen molar-refractivity contribution in [3.63, 3.8) is 0 Å². The third kappa shape index (κ3) is 1.62. The molecular formula is C18H15N3O3. The molecule has 2 saturated heterocycles. The fourth-order valence-electron chi connectivity index (χ4n) is 3.72. The summed E-state index contributed by atoms with van der Waals surface area (Å²) >= 11 is 0. The summed E-state index contributed by atoms with van der Waals surface area (Å²) in [6.45, 7) is 1.96. The Balaban J connectivity index is 1.92. The van der Waals surface area contributed by atoms with E-state index in [1.165, 1.54) is 4.90 Å². The monoisotopic (exact) mass is 321 g/mol. The second-order valence-corrected chi connectivity index (χ2v) is 6.32. The maximum Gasteiger partial charge on any atom is 0.332 e. The number of aliphatic hydroxyl groups is 1. The number of nitriles is 1. The number of carbonyl (C=O) groups is 2. The Morgan fingerprint density at radius 3 is 2.58 bits per heavy atom. The number of amides is 3. The van der Waals surface area contributed by atoms with Crippen molar-refractivity contribution in [3.05, 3.63) is 42.0 Å². The molecule has 0 bridgehead atoms. The summed E-state index contributed by atoms with van der Waals surface area (Å²) in [5.41, 5.74) is -0.283. The first kappa shape index (κ1) is 14.7. The van der Waals surface area contributed by atoms with Crippen molar-refractivity contribution in [2.24, 2.45) is 0 Å². The number of imide groups is 1. The topological polar surface area (TPSA) is 84.6 Å². The highest BCUT2D eigenvalue weighted by molar-refractivity contribution is 6.26. The number of aliphatic hydroxyl groups excluding tert-OH is 1. The lowest BCUT2D eigenvalue weighted by molar-refractivity contribution is -0.126. The van der Waals surface area contributed by atoms with Gasteiger partial charge in [0.25, 0.3) is 5.91 Å². The largest absolute Gasteiger partial charge is 0.390 e. The lowest BCUT2D eigenvalue weighted by Crippen LogP contribution is -2.49. The van der Waals surface area contributed by atoms with Gasteiger partial charge in [0.05, 0.1) is 23.4 Å². The number of nitrogens with zero attached hydrogens (tertiary/aromatic N) is 3. The number of carbonyl (C=O) groups excluding carboxylic acids is 2. The average molecular weight is 321 g/mol. The molecule has 0 aliphatic carbocycles. The zero-order chi connectivity index (χ0) is 17.1. The first-order valence-electron chi connectivity index (χ1n) is 7.76. The molecule has 0 radical (unpaired) electrons. The Hall–Kier alpha value is -2.91. The molecule has 6 nitrogen and oxygen atoms in total. The van der Waals surface area contributed by atoms with Gasteiger partial charge in [-0.1, -0.05) is 24.3 Å². The van der Waals surface area contributed by atoms with Crippen LogP contribution in [0.1, 0.15) is 18.9 Å². The molecule has 1 N–H and O–H groups in total. The number of benzene rings is 2. The third-order valence-electron chi connectivity index (χ3n) is 5.16. The second kappa shape index (κ2) is 4.79. The number of rotatable bonds is 1. The van der Waals surface area contributed by atoms with Crippen LogP contribution >= 0.6 is 0 Å². The molecule has 0 aromatic heterocycles. The lowest BCUT2D eigenvalue weighted by atomic mass is 9.95. The summed E-state index contributed by atoms with van der Waals surface area (Å²) in [4.78, 5) is 28.3. The average Bonchev–Trinajstić information content (AvgIpc) is 3.00. The zero-order valence-electron chi connectivity index (χ0n) is 13.1. The minimum absolute atomic E-state index is 0.354. The highest BCUT2D eigenvalue weighted by Gasteiger charge is 2.61. The van der Waals surface area contributed by atoms with Crippen LogP contribution in [0.4, 0.5) is 10.5 Å². The maximum absolute atomic E-state index is 13.0. The number of hydrogen-bond donors (Lipinski definition) is 1. The zero-order valence-corrected chi connectivity index (χ0v) is 13.1. The van der Waals surface area contributed by atoms with Crippen molar-refractivity contribution in [1.29, 1.82) is 5.26 Å². The van der Waals surface area contributed by atoms with E-state index in [2.05, 4.69) is 6.07 Å². The summed E-state index contributed by atoms with van der Waals surface area (Å²) in [6, 6.07) is 12.1. The molecule has 3 amide bonds. The molecule has 2 fully saturated rings. The van der Waals surface area contributed by atoms with Gasteiger partial charge in [0, 0.05) is 17.3 Å². The van der Waals surface area contributed by atoms with E-state index in [0.29, 0.717) is 35.0 Å². The molecule has 24 heavy (non-hydrogen) atoms. The van der Waals surface area contributed by atoms with E-state index in [9.17, 15) is 20.0 Å². The Morgan fingerprint density at radius 1 is 1.21 bits per heavy atom. The van der Waals surface area contributed by atoms with Crippen LogP contribution < -0.4 is 4.90 Å². The number of anilines is 1. The molecule has 0 saturated carbocycles. The van der Waals surface area contributed by atoms with E-state index in [1.54, 1.807) is 37.3 Å². The van der Waals surface area contributed by atoms with Gasteiger partial charge in [-0.25, -0.2) is 9.69 Å². The Bertz CT molecular complexity index is 933. The van der Waals surface area contributed by atoms with E-state index in [-0.39, 0.29) is 0 Å². The van der Waals surface area contributed by atoms with Gasteiger partial charge in [0.1, 0.15) is 5.54 Å². The van der Waals surface area contributed by atoms with Gasteiger partial charge in [0.15, 0.2) is 0 Å². The quantitative estimate of drug-likeness (QED) is 0.814. The van der Waals surface area contributed by atoms with Crippen LogP contribution in [0.3, 0.4) is 0 Å². The normalized spacial score (nSPS) is 26.1. The number of urea groups is 1. The molecule has 2 aromatic carbocycles. The van der Waals surface area contributed by atoms with Crippen LogP contribution in [-0.2, 0) is 4.79 Å². The van der Waals surface area contributed by atoms with Crippen LogP contribution in [0, 0.1) is 11.3 Å². The molecule has 2 aromatic rings. The molecule has 2 atom stereocenters. The first-order chi connectivity index (χ1) is 11.5. The summed E-state index contributed by atoms with van der Waals surface area (Å²) in [7, 11) is 0. The molecule has 4 rings (SSSR count). The summed E-state index contributed by atoms with van der Waals surface area (Å²) in [6.07, 6.45) is -0.473. The van der Waals surface area contributed by atoms with Crippen molar-refractivity contribution in [1.82, 2.24) is 4.90 Å². The van der Waals surface area contributed by atoms with Gasteiger partial charge in [-0.15, -0.1) is 0 Å². The molecule has 0 unspecified atom stereocenters. The highest BCUT2D eigenvalue weighted by atomic mass is 16.3. The fraction of sp³-hybridized carbons (Fsp3) is 0.278. The summed E-state index contributed by atoms with van der Waals surface area (Å²) in [5, 5.41) is 20.8. The molecule has 6 heteroatoms. The van der Waals surface area contributed by atoms with Gasteiger partial charge in [-0.3, -0.25) is 4.79 Å². The van der Waals surface area contributed by atoms with Crippen molar-refractivity contribution in [2.75, 3.05) is 11.4 Å². The lowest BCUT2D eigenvalue weighted by Gasteiger charge is -2.26. The SMILES string of the molecule is C[C@]12C(=O)N(c3ccc(C#N)c4ccccc34)C(=O)N1CC[C@H]2O. The van der Waals surface area contributed by atoms with E-state index in [4.69, 9.17) is 0 Å². The van der Waals surface area contributed by atoms with E-state index >= 15 is 0 Å². The Kier molecular flexibility index (Phi) is 2.93. The smallest absolute Gasteiger partial charge is 0.332 e. The van der Waals surface area contributed by atoms with Crippen LogP contribution in [0.5, 0.6) is 0 Å². The van der Waals surface area contributed by atoms with E-state index in [0.717, 1.165) is 4.90 Å². The highest BCUT2D eigenvalue weighted by Crippen LogP contribution is 2.41. The van der Waals surface area contributed by atoms with Crippen LogP contribution in [-0.4, -0.2) is 40.1 Å². The van der Waals surface area contributed by atoms with E-state index < -0.39 is 23.6 Å². The van der Waals surface area contributed by atoms with Crippen LogP contribution in [0.2, 0.25) is 0 Å². The standard InChI is InChI=1S/C18H15N3O3/c1-18-15(22)8-9-20(18)17(24)21(16(18)23)14-7-6-11(10-19)12-4-2-3-5-13(12)14/h2-7,15,22H,8-9H2,1H3/t15-,18+/m1/s1. The van der Waals surface area contributed by atoms with Crippen molar-refractivity contribution in [2.45, 2.75) is 25.0 Å². The number of fused-ring (bicyclic) bond motifs is 2. The third-order valence-corrected chi connectivity index (χ3v) is 5.16. The van der Waals surface area contributed by atoms with Crippen molar-refractivity contribution >= 4 is 28.4 Å². The molecule has 2 heterocycles. The molecule has 0 spiro atoms. The molecule has 2 aliphatic rings. The minimum Gasteiger partial charge on any atom is -0.390 e. The summed E-state index contributed by atoms with van der Waals surface area (Å²) in [5.74, 6) is -0.424. The van der Waals surface area contributed by atoms with Crippen molar-refractivity contribution in [3.8, 4) is 6.07 Å². The van der Waals surface area contributed by atoms with Gasteiger partial charge >= 0.3 is 6.03 Å². The van der Waals surface area contributed by atoms with Gasteiger partial charge in [-0.05, 0) is 25.5 Å². The maximum atomic E-state index is 13.0. The molecule has 2 aliphatic heterocycles. The minimum atomic E-state index is -1.22. The van der Waals surface area contributed by atoms with Gasteiger partial charge < -0.3 is 10.0 Å². The van der Waals surface area contributed by atoms with Gasteiger partial charge in [0.2, 0.25) is 0 Å².